The first-order chi connectivity index (χ1) is 9.69. The summed E-state index contributed by atoms with van der Waals surface area (Å²) in [6.45, 7) is 0.495. The number of hydrogen-bond acceptors (Lipinski definition) is 4. The Balaban J connectivity index is 2.14. The maximum atomic E-state index is 11.9. The van der Waals surface area contributed by atoms with Crippen LogP contribution in [-0.4, -0.2) is 29.6 Å². The van der Waals surface area contributed by atoms with E-state index in [4.69, 9.17) is 17.3 Å². The summed E-state index contributed by atoms with van der Waals surface area (Å²) in [6, 6.07) is 7.47. The molecule has 0 bridgehead atoms. The molecule has 2 N–H and O–H groups in total. The number of Topliss-reactive ketones (excluding diaryl/α,β-unsaturated/α-hetero) is 1. The number of nitrogens with two attached hydrogens (primary N) is 1. The van der Waals surface area contributed by atoms with Crippen LogP contribution in [-0.2, 0) is 0 Å². The molecular formula is C15H12ClN3O. The average Bonchev–Trinajstić information content (AvgIpc) is 2.47. The molecule has 0 aliphatic carbocycles. The summed E-state index contributed by atoms with van der Waals surface area (Å²) in [7, 11) is 0. The van der Waals surface area contributed by atoms with Gasteiger partial charge in [-0.15, -0.1) is 0 Å². The molecule has 1 aromatic heterocycles. The third kappa shape index (κ3) is 2.24. The van der Waals surface area contributed by atoms with Crippen molar-refractivity contribution in [1.82, 2.24) is 4.98 Å². The third-order valence-electron chi connectivity index (χ3n) is 3.28. The van der Waals surface area contributed by atoms with Gasteiger partial charge in [-0.1, -0.05) is 23.7 Å². The van der Waals surface area contributed by atoms with Gasteiger partial charge in [0.25, 0.3) is 0 Å². The van der Waals surface area contributed by atoms with Gasteiger partial charge in [-0.3, -0.25) is 14.8 Å². The minimum Gasteiger partial charge on any atom is -0.325 e. The number of carbonyl (C=O) groups is 1. The summed E-state index contributed by atoms with van der Waals surface area (Å²) in [5.41, 5.74) is 9.79. The molecule has 3 rings (SSSR count). The number of fused-ring (bicyclic) bond motifs is 1. The summed E-state index contributed by atoms with van der Waals surface area (Å²) >= 11 is 5.96. The number of nitrogens with zero attached hydrogens (tertiary/aromatic N) is 2. The predicted octanol–water partition coefficient (Wildman–Crippen LogP) is 2.35. The standard InChI is InChI=1S/C15H12ClN3O/c16-11-3-10(6-18-7-11)9-1-2-12-13(4-9)14(5-17)19-8-15(12)20/h1-4,6-7H,5,8,17H2. The summed E-state index contributed by atoms with van der Waals surface area (Å²) in [6.07, 6.45) is 3.32. The van der Waals surface area contributed by atoms with Gasteiger partial charge in [-0.25, -0.2) is 0 Å². The van der Waals surface area contributed by atoms with Crippen molar-refractivity contribution in [2.24, 2.45) is 10.7 Å². The molecule has 0 fully saturated rings. The van der Waals surface area contributed by atoms with Gasteiger partial charge < -0.3 is 5.73 Å². The number of aromatic nitrogens is 1. The fourth-order valence-electron chi connectivity index (χ4n) is 2.29. The van der Waals surface area contributed by atoms with Crippen molar-refractivity contribution in [3.8, 4) is 11.1 Å². The number of benzene rings is 1. The van der Waals surface area contributed by atoms with Gasteiger partial charge in [0.15, 0.2) is 5.78 Å². The minimum absolute atomic E-state index is 0.0213. The SMILES string of the molecule is NCC1=NCC(=O)c2ccc(-c3cncc(Cl)c3)cc21. The molecule has 0 spiro atoms. The molecule has 0 saturated carbocycles. The molecule has 20 heavy (non-hydrogen) atoms. The minimum atomic E-state index is 0.0213. The largest absolute Gasteiger partial charge is 0.325 e. The van der Waals surface area contributed by atoms with Crippen LogP contribution >= 0.6 is 11.6 Å². The maximum absolute atomic E-state index is 11.9. The lowest BCUT2D eigenvalue weighted by Gasteiger charge is -2.16. The van der Waals surface area contributed by atoms with Crippen molar-refractivity contribution >= 4 is 23.1 Å². The van der Waals surface area contributed by atoms with E-state index in [1.165, 1.54) is 0 Å². The molecule has 0 amide bonds. The smallest absolute Gasteiger partial charge is 0.184 e. The zero-order valence-electron chi connectivity index (χ0n) is 10.6. The number of carbonyl (C=O) groups excluding carboxylic acids is 1. The number of hydrogen-bond donors (Lipinski definition) is 1. The molecule has 1 aliphatic rings. The lowest BCUT2D eigenvalue weighted by atomic mass is 9.93. The van der Waals surface area contributed by atoms with E-state index < -0.39 is 0 Å². The highest BCUT2D eigenvalue weighted by Crippen LogP contribution is 2.26. The van der Waals surface area contributed by atoms with Crippen molar-refractivity contribution in [1.29, 1.82) is 0 Å². The van der Waals surface area contributed by atoms with E-state index in [9.17, 15) is 4.79 Å². The van der Waals surface area contributed by atoms with Gasteiger partial charge in [0.1, 0.15) is 6.54 Å². The van der Waals surface area contributed by atoms with Gasteiger partial charge in [0.2, 0.25) is 0 Å². The molecule has 0 radical (unpaired) electrons. The molecule has 4 nitrogen and oxygen atoms in total. The number of halogens is 1. The van der Waals surface area contributed by atoms with Crippen LogP contribution in [0.5, 0.6) is 0 Å². The molecule has 100 valence electrons. The molecule has 1 aromatic carbocycles. The quantitative estimate of drug-likeness (QED) is 0.921. The lowest BCUT2D eigenvalue weighted by molar-refractivity contribution is 0.1000. The number of ketones is 1. The van der Waals surface area contributed by atoms with Crippen molar-refractivity contribution < 1.29 is 4.79 Å². The van der Waals surface area contributed by atoms with Crippen LogP contribution < -0.4 is 5.73 Å². The second kappa shape index (κ2) is 5.15. The van der Waals surface area contributed by atoms with E-state index >= 15 is 0 Å². The van der Waals surface area contributed by atoms with Gasteiger partial charge in [-0.05, 0) is 17.7 Å². The highest BCUT2D eigenvalue weighted by atomic mass is 35.5. The molecule has 0 saturated heterocycles. The first kappa shape index (κ1) is 13.0. The van der Waals surface area contributed by atoms with Crippen LogP contribution in [0.25, 0.3) is 11.1 Å². The maximum Gasteiger partial charge on any atom is 0.184 e. The lowest BCUT2D eigenvalue weighted by Crippen LogP contribution is -2.24. The van der Waals surface area contributed by atoms with Crippen LogP contribution in [0.15, 0.2) is 41.7 Å². The molecule has 2 aromatic rings. The Bertz CT molecular complexity index is 725. The predicted molar refractivity (Wildman–Crippen MR) is 79.5 cm³/mol. The summed E-state index contributed by atoms with van der Waals surface area (Å²) < 4.78 is 0. The Labute approximate surface area is 121 Å². The second-order valence-electron chi connectivity index (χ2n) is 4.54. The molecule has 2 heterocycles. The zero-order valence-corrected chi connectivity index (χ0v) is 11.4. The Morgan fingerprint density at radius 3 is 2.75 bits per heavy atom. The van der Waals surface area contributed by atoms with E-state index in [-0.39, 0.29) is 12.3 Å². The average molecular weight is 286 g/mol. The molecule has 5 heteroatoms. The third-order valence-corrected chi connectivity index (χ3v) is 3.48. The van der Waals surface area contributed by atoms with E-state index in [0.29, 0.717) is 17.1 Å². The van der Waals surface area contributed by atoms with Crippen molar-refractivity contribution in [3.05, 3.63) is 52.8 Å². The summed E-state index contributed by atoms with van der Waals surface area (Å²) in [5, 5.41) is 0.573. The molecule has 1 aliphatic heterocycles. The first-order valence-corrected chi connectivity index (χ1v) is 6.59. The van der Waals surface area contributed by atoms with Crippen molar-refractivity contribution in [2.75, 3.05) is 13.1 Å². The monoisotopic (exact) mass is 285 g/mol. The number of pyridine rings is 1. The van der Waals surface area contributed by atoms with E-state index in [1.807, 2.05) is 24.3 Å². The number of rotatable bonds is 2. The van der Waals surface area contributed by atoms with Crippen LogP contribution in [0, 0.1) is 0 Å². The fourth-order valence-corrected chi connectivity index (χ4v) is 2.46. The highest BCUT2D eigenvalue weighted by molar-refractivity contribution is 6.30. The van der Waals surface area contributed by atoms with Gasteiger partial charge in [0, 0.05) is 35.6 Å². The normalized spacial score (nSPS) is 13.9. The molecule has 0 atom stereocenters. The Morgan fingerprint density at radius 1 is 1.15 bits per heavy atom. The van der Waals surface area contributed by atoms with Crippen LogP contribution in [0.1, 0.15) is 15.9 Å². The van der Waals surface area contributed by atoms with Gasteiger partial charge >= 0.3 is 0 Å². The first-order valence-electron chi connectivity index (χ1n) is 6.21. The van der Waals surface area contributed by atoms with Crippen molar-refractivity contribution in [3.63, 3.8) is 0 Å². The van der Waals surface area contributed by atoms with Crippen LogP contribution in [0.4, 0.5) is 0 Å². The highest BCUT2D eigenvalue weighted by Gasteiger charge is 2.20. The molecular weight excluding hydrogens is 274 g/mol. The van der Waals surface area contributed by atoms with Crippen LogP contribution in [0.3, 0.4) is 0 Å². The Kier molecular flexibility index (Phi) is 3.34. The zero-order chi connectivity index (χ0) is 14.1. The van der Waals surface area contributed by atoms with E-state index in [0.717, 1.165) is 22.4 Å². The van der Waals surface area contributed by atoms with Crippen molar-refractivity contribution in [2.45, 2.75) is 0 Å². The number of aliphatic imine (C=N–C) groups is 1. The Morgan fingerprint density at radius 2 is 2.00 bits per heavy atom. The fraction of sp³-hybridized carbons (Fsp3) is 0.133. The van der Waals surface area contributed by atoms with Gasteiger partial charge in [0.05, 0.1) is 10.7 Å². The van der Waals surface area contributed by atoms with E-state index in [2.05, 4.69) is 9.98 Å². The topological polar surface area (TPSA) is 68.3 Å². The van der Waals surface area contributed by atoms with E-state index in [1.54, 1.807) is 12.4 Å². The summed E-state index contributed by atoms with van der Waals surface area (Å²) in [4.78, 5) is 20.2. The summed E-state index contributed by atoms with van der Waals surface area (Å²) in [5.74, 6) is 0.0213. The second-order valence-corrected chi connectivity index (χ2v) is 4.98. The van der Waals surface area contributed by atoms with Crippen LogP contribution in [0.2, 0.25) is 5.02 Å². The molecule has 0 unspecified atom stereocenters. The Hall–Kier alpha value is -2.04. The van der Waals surface area contributed by atoms with Gasteiger partial charge in [-0.2, -0.15) is 0 Å².